The van der Waals surface area contributed by atoms with Crippen LogP contribution in [0, 0.1) is 0 Å². The molecule has 0 unspecified atom stereocenters. The summed E-state index contributed by atoms with van der Waals surface area (Å²) in [5.41, 5.74) is 0. The zero-order valence-corrected chi connectivity index (χ0v) is 18.9. The zero-order valence-electron chi connectivity index (χ0n) is 19.5. The van der Waals surface area contributed by atoms with Crippen molar-refractivity contribution in [2.24, 2.45) is 0 Å². The Morgan fingerprint density at radius 2 is 0.880 bits per heavy atom. The molecular formula is C22H46MgO2. The minimum Gasteiger partial charge on any atom is -1.00 e. The Labute approximate surface area is 177 Å². The normalized spacial score (nSPS) is 10.5. The van der Waals surface area contributed by atoms with Crippen molar-refractivity contribution in [3.63, 3.8) is 0 Å². The monoisotopic (exact) mass is 366 g/mol. The van der Waals surface area contributed by atoms with Gasteiger partial charge in [-0.3, -0.25) is 4.79 Å². The second-order valence-electron chi connectivity index (χ2n) is 7.35. The van der Waals surface area contributed by atoms with Gasteiger partial charge in [0.05, 0.1) is 6.61 Å². The molecule has 0 spiro atoms. The largest absolute Gasteiger partial charge is 2.00 e. The second kappa shape index (κ2) is 24.2. The molecule has 0 heterocycles. The summed E-state index contributed by atoms with van der Waals surface area (Å²) in [6.07, 6.45) is 24.9. The minimum absolute atomic E-state index is 0. The molecule has 25 heavy (non-hydrogen) atoms. The number of unbranched alkanes of at least 4 members (excludes halogenated alkanes) is 17. The molecule has 0 N–H and O–H groups in total. The summed E-state index contributed by atoms with van der Waals surface area (Å²) < 4.78 is 4.93. The van der Waals surface area contributed by atoms with Crippen LogP contribution in [0.25, 0.3) is 0 Å². The van der Waals surface area contributed by atoms with Crippen LogP contribution in [0.2, 0.25) is 0 Å². The Kier molecular flexibility index (Phi) is 26.6. The Morgan fingerprint density at radius 1 is 0.600 bits per heavy atom. The number of carbonyl (C=O) groups is 1. The van der Waals surface area contributed by atoms with E-state index in [1.165, 1.54) is 116 Å². The summed E-state index contributed by atoms with van der Waals surface area (Å²) >= 11 is 0. The van der Waals surface area contributed by atoms with E-state index in [2.05, 4.69) is 6.92 Å². The van der Waals surface area contributed by atoms with Gasteiger partial charge in [-0.05, 0) is 6.42 Å². The summed E-state index contributed by atoms with van der Waals surface area (Å²) in [6.45, 7) is 4.37. The Balaban J connectivity index is -0.000000882. The van der Waals surface area contributed by atoms with E-state index in [-0.39, 0.29) is 31.9 Å². The summed E-state index contributed by atoms with van der Waals surface area (Å²) in [4.78, 5) is 10.6. The van der Waals surface area contributed by atoms with Gasteiger partial charge in [-0.15, -0.1) is 0 Å². The number of carbonyl (C=O) groups excluding carboxylic acids is 1. The van der Waals surface area contributed by atoms with Crippen LogP contribution in [0.4, 0.5) is 0 Å². The molecule has 0 amide bonds. The van der Waals surface area contributed by atoms with Crippen molar-refractivity contribution in [1.29, 1.82) is 0 Å². The van der Waals surface area contributed by atoms with E-state index in [0.29, 0.717) is 6.61 Å². The van der Waals surface area contributed by atoms with Crippen LogP contribution in [0.1, 0.15) is 132 Å². The van der Waals surface area contributed by atoms with E-state index in [9.17, 15) is 4.79 Å². The topological polar surface area (TPSA) is 26.3 Å². The van der Waals surface area contributed by atoms with Gasteiger partial charge in [0.2, 0.25) is 0 Å². The predicted molar refractivity (Wildman–Crippen MR) is 113 cm³/mol. The van der Waals surface area contributed by atoms with Crippen molar-refractivity contribution in [2.75, 3.05) is 6.61 Å². The average molecular weight is 367 g/mol. The molecule has 148 valence electrons. The molecule has 0 aliphatic carbocycles. The second-order valence-corrected chi connectivity index (χ2v) is 7.35. The number of hydrogen-bond donors (Lipinski definition) is 0. The molecule has 0 aliphatic rings. The third-order valence-electron chi connectivity index (χ3n) is 4.80. The fourth-order valence-corrected chi connectivity index (χ4v) is 3.22. The van der Waals surface area contributed by atoms with E-state index in [1.54, 1.807) is 0 Å². The molecule has 0 aromatic rings. The van der Waals surface area contributed by atoms with E-state index in [1.807, 2.05) is 0 Å². The van der Waals surface area contributed by atoms with E-state index in [4.69, 9.17) is 4.74 Å². The molecular weight excluding hydrogens is 321 g/mol. The molecule has 0 saturated heterocycles. The molecule has 0 aromatic heterocycles. The molecule has 0 aliphatic heterocycles. The fourth-order valence-electron chi connectivity index (χ4n) is 3.22. The molecule has 3 heteroatoms. The Morgan fingerprint density at radius 3 is 1.16 bits per heavy atom. The van der Waals surface area contributed by atoms with Crippen LogP contribution in [-0.2, 0) is 9.53 Å². The van der Waals surface area contributed by atoms with Crippen LogP contribution in [0.3, 0.4) is 0 Å². The van der Waals surface area contributed by atoms with Gasteiger partial charge in [0, 0.05) is 6.92 Å². The Hall–Kier alpha value is 0.236. The third-order valence-corrected chi connectivity index (χ3v) is 4.80. The van der Waals surface area contributed by atoms with Crippen LogP contribution in [-0.4, -0.2) is 35.6 Å². The maximum absolute atomic E-state index is 10.6. The van der Waals surface area contributed by atoms with E-state index in [0.717, 1.165) is 6.42 Å². The van der Waals surface area contributed by atoms with Crippen LogP contribution in [0.5, 0.6) is 0 Å². The maximum atomic E-state index is 10.6. The minimum atomic E-state index is -0.151. The third kappa shape index (κ3) is 26.6. The van der Waals surface area contributed by atoms with Gasteiger partial charge in [0.15, 0.2) is 0 Å². The molecule has 0 bridgehead atoms. The molecule has 0 fully saturated rings. The maximum Gasteiger partial charge on any atom is 2.00 e. The number of esters is 1. The van der Waals surface area contributed by atoms with Gasteiger partial charge in [-0.1, -0.05) is 116 Å². The first-order valence-electron chi connectivity index (χ1n) is 10.9. The molecule has 0 saturated carbocycles. The molecule has 2 nitrogen and oxygen atoms in total. The summed E-state index contributed by atoms with van der Waals surface area (Å²) in [5.74, 6) is -0.151. The first-order chi connectivity index (χ1) is 11.8. The average Bonchev–Trinajstić information content (AvgIpc) is 2.56. The van der Waals surface area contributed by atoms with Crippen molar-refractivity contribution in [3.05, 3.63) is 0 Å². The first kappa shape index (κ1) is 27.5. The number of ether oxygens (including phenoxy) is 1. The standard InChI is InChI=1S/C22H44O2.Mg.2H/c1-3-4-5-6-7-8-9-10-11-12-13-14-15-16-17-18-19-20-21-24-22(2)23;;;/h3-21H2,1-2H3;;;/q;+2;2*-1. The quantitative estimate of drug-likeness (QED) is 0.135. The van der Waals surface area contributed by atoms with Gasteiger partial charge in [0.1, 0.15) is 0 Å². The Bertz CT molecular complexity index is 267. The molecule has 0 rings (SSSR count). The fraction of sp³-hybridized carbons (Fsp3) is 0.955. The van der Waals surface area contributed by atoms with Gasteiger partial charge < -0.3 is 7.59 Å². The van der Waals surface area contributed by atoms with Gasteiger partial charge >= 0.3 is 29.0 Å². The van der Waals surface area contributed by atoms with Crippen molar-refractivity contribution in [3.8, 4) is 0 Å². The van der Waals surface area contributed by atoms with Gasteiger partial charge in [-0.25, -0.2) is 0 Å². The summed E-state index contributed by atoms with van der Waals surface area (Å²) in [7, 11) is 0. The van der Waals surface area contributed by atoms with Gasteiger partial charge in [-0.2, -0.15) is 0 Å². The van der Waals surface area contributed by atoms with Crippen molar-refractivity contribution in [2.45, 2.75) is 129 Å². The van der Waals surface area contributed by atoms with E-state index < -0.39 is 0 Å². The first-order valence-corrected chi connectivity index (χ1v) is 10.9. The van der Waals surface area contributed by atoms with Crippen molar-refractivity contribution >= 4 is 29.0 Å². The van der Waals surface area contributed by atoms with Crippen LogP contribution in [0.15, 0.2) is 0 Å². The summed E-state index contributed by atoms with van der Waals surface area (Å²) in [6, 6.07) is 0. The number of rotatable bonds is 19. The van der Waals surface area contributed by atoms with Crippen LogP contribution < -0.4 is 0 Å². The smallest absolute Gasteiger partial charge is 1.00 e. The van der Waals surface area contributed by atoms with E-state index >= 15 is 0 Å². The predicted octanol–water partition coefficient (Wildman–Crippen LogP) is 7.44. The van der Waals surface area contributed by atoms with Crippen LogP contribution >= 0.6 is 0 Å². The molecule has 0 radical (unpaired) electrons. The number of hydrogen-bond acceptors (Lipinski definition) is 2. The zero-order chi connectivity index (χ0) is 17.7. The van der Waals surface area contributed by atoms with Crippen molar-refractivity contribution < 1.29 is 12.4 Å². The van der Waals surface area contributed by atoms with Gasteiger partial charge in [0.25, 0.3) is 0 Å². The molecule has 0 aromatic carbocycles. The molecule has 0 atom stereocenters. The van der Waals surface area contributed by atoms with Crippen molar-refractivity contribution in [1.82, 2.24) is 0 Å². The summed E-state index contributed by atoms with van der Waals surface area (Å²) in [5, 5.41) is 0. The SMILES string of the molecule is CCCCCCCCCCCCCCCCCCCCOC(C)=O.[H-].[H-].[Mg+2].